The molecule has 0 bridgehead atoms. The number of anilines is 1. The number of rotatable bonds is 3. The van der Waals surface area contributed by atoms with E-state index in [2.05, 4.69) is 26.2 Å². The first-order valence-electron chi connectivity index (χ1n) is 4.44. The van der Waals surface area contributed by atoms with E-state index in [1.54, 1.807) is 17.5 Å². The number of benzene rings is 1. The van der Waals surface area contributed by atoms with Gasteiger partial charge in [0, 0.05) is 22.0 Å². The fraction of sp³-hybridized carbons (Fsp3) is 0.100. The molecule has 0 radical (unpaired) electrons. The molecular formula is C10H7BrClFN2S. The lowest BCUT2D eigenvalue weighted by Crippen LogP contribution is -2.01. The maximum atomic E-state index is 13.4. The average Bonchev–Trinajstić information content (AvgIpc) is 2.66. The van der Waals surface area contributed by atoms with Crippen molar-refractivity contribution in [1.82, 2.24) is 4.98 Å². The molecule has 2 nitrogen and oxygen atoms in total. The van der Waals surface area contributed by atoms with Gasteiger partial charge in [-0.1, -0.05) is 27.5 Å². The third-order valence-corrected chi connectivity index (χ3v) is 3.53. The molecule has 0 fully saturated rings. The molecule has 1 heterocycles. The van der Waals surface area contributed by atoms with Crippen LogP contribution in [0.3, 0.4) is 0 Å². The van der Waals surface area contributed by atoms with E-state index in [0.717, 1.165) is 4.47 Å². The van der Waals surface area contributed by atoms with Gasteiger partial charge >= 0.3 is 0 Å². The topological polar surface area (TPSA) is 24.9 Å². The summed E-state index contributed by atoms with van der Waals surface area (Å²) in [6, 6.07) is 4.83. The number of halogens is 3. The second-order valence-corrected chi connectivity index (χ2v) is 5.23. The van der Waals surface area contributed by atoms with Crippen molar-refractivity contribution in [2.24, 2.45) is 0 Å². The van der Waals surface area contributed by atoms with Crippen molar-refractivity contribution in [1.29, 1.82) is 0 Å². The number of thiazole rings is 1. The first kappa shape index (κ1) is 11.8. The zero-order valence-electron chi connectivity index (χ0n) is 8.01. The van der Waals surface area contributed by atoms with E-state index >= 15 is 0 Å². The van der Waals surface area contributed by atoms with E-state index in [1.807, 2.05) is 0 Å². The monoisotopic (exact) mass is 320 g/mol. The minimum atomic E-state index is -0.238. The Bertz CT molecular complexity index is 503. The fourth-order valence-electron chi connectivity index (χ4n) is 1.18. The van der Waals surface area contributed by atoms with Crippen LogP contribution in [-0.2, 0) is 6.54 Å². The van der Waals surface area contributed by atoms with Gasteiger partial charge in [0.15, 0.2) is 5.13 Å². The van der Waals surface area contributed by atoms with Crippen molar-refractivity contribution in [3.8, 4) is 0 Å². The minimum absolute atomic E-state index is 0.238. The minimum Gasteiger partial charge on any atom is -0.357 e. The lowest BCUT2D eigenvalue weighted by atomic mass is 10.2. The molecule has 6 heteroatoms. The smallest absolute Gasteiger partial charge is 0.184 e. The van der Waals surface area contributed by atoms with E-state index in [1.165, 1.54) is 17.4 Å². The van der Waals surface area contributed by atoms with Crippen LogP contribution in [0.25, 0.3) is 0 Å². The molecule has 2 rings (SSSR count). The second kappa shape index (κ2) is 5.12. The molecule has 1 aromatic carbocycles. The van der Waals surface area contributed by atoms with Gasteiger partial charge < -0.3 is 5.32 Å². The van der Waals surface area contributed by atoms with Crippen LogP contribution in [-0.4, -0.2) is 4.98 Å². The van der Waals surface area contributed by atoms with Gasteiger partial charge in [-0.3, -0.25) is 0 Å². The molecule has 0 atom stereocenters. The molecule has 0 spiro atoms. The van der Waals surface area contributed by atoms with Crippen LogP contribution < -0.4 is 5.32 Å². The third-order valence-electron chi connectivity index (χ3n) is 1.91. The first-order valence-corrected chi connectivity index (χ1v) is 6.49. The number of hydrogen-bond donors (Lipinski definition) is 1. The number of aromatic nitrogens is 1. The Morgan fingerprint density at radius 3 is 3.00 bits per heavy atom. The number of nitrogens with one attached hydrogen (secondary N) is 1. The predicted molar refractivity (Wildman–Crippen MR) is 68.6 cm³/mol. The Morgan fingerprint density at radius 2 is 2.31 bits per heavy atom. The molecule has 1 aromatic heterocycles. The summed E-state index contributed by atoms with van der Waals surface area (Å²) >= 11 is 10.4. The van der Waals surface area contributed by atoms with Crippen LogP contribution in [0, 0.1) is 5.82 Å². The molecule has 1 N–H and O–H groups in total. The lowest BCUT2D eigenvalue weighted by molar-refractivity contribution is 0.612. The summed E-state index contributed by atoms with van der Waals surface area (Å²) in [6.07, 6.45) is 0. The summed E-state index contributed by atoms with van der Waals surface area (Å²) in [4.78, 5) is 4.02. The largest absolute Gasteiger partial charge is 0.357 e. The highest BCUT2D eigenvalue weighted by molar-refractivity contribution is 9.10. The summed E-state index contributed by atoms with van der Waals surface area (Å²) in [6.45, 7) is 0.384. The van der Waals surface area contributed by atoms with Crippen molar-refractivity contribution < 1.29 is 4.39 Å². The summed E-state index contributed by atoms with van der Waals surface area (Å²) in [5.41, 5.74) is 0.584. The molecule has 0 aliphatic rings. The molecule has 0 aliphatic carbocycles. The standard InChI is InChI=1S/C10H7BrClFN2S/c11-7-1-2-8(13)6(3-7)4-14-10-15-9(12)5-16-10/h1-3,5H,4H2,(H,14,15). The van der Waals surface area contributed by atoms with E-state index in [4.69, 9.17) is 11.6 Å². The van der Waals surface area contributed by atoms with Crippen molar-refractivity contribution in [3.63, 3.8) is 0 Å². The van der Waals surface area contributed by atoms with Gasteiger partial charge in [-0.05, 0) is 18.2 Å². The Balaban J connectivity index is 2.07. The van der Waals surface area contributed by atoms with Crippen molar-refractivity contribution in [3.05, 3.63) is 44.6 Å². The van der Waals surface area contributed by atoms with Gasteiger partial charge in [0.1, 0.15) is 11.0 Å². The molecule has 0 unspecified atom stereocenters. The Hall–Kier alpha value is -0.650. The lowest BCUT2D eigenvalue weighted by Gasteiger charge is -2.04. The molecule has 16 heavy (non-hydrogen) atoms. The van der Waals surface area contributed by atoms with Gasteiger partial charge in [0.2, 0.25) is 0 Å². The molecule has 0 aliphatic heterocycles. The summed E-state index contributed by atoms with van der Waals surface area (Å²) < 4.78 is 14.2. The number of nitrogens with zero attached hydrogens (tertiary/aromatic N) is 1. The predicted octanol–water partition coefficient (Wildman–Crippen LogP) is 4.31. The molecule has 2 aromatic rings. The summed E-state index contributed by atoms with van der Waals surface area (Å²) in [7, 11) is 0. The van der Waals surface area contributed by atoms with Crippen molar-refractivity contribution in [2.75, 3.05) is 5.32 Å². The first-order chi connectivity index (χ1) is 7.65. The Kier molecular flexibility index (Phi) is 3.78. The SMILES string of the molecule is Fc1ccc(Br)cc1CNc1nc(Cl)cs1. The van der Waals surface area contributed by atoms with Crippen LogP contribution >= 0.6 is 38.9 Å². The molecular weight excluding hydrogens is 315 g/mol. The van der Waals surface area contributed by atoms with E-state index in [9.17, 15) is 4.39 Å². The summed E-state index contributed by atoms with van der Waals surface area (Å²) in [5, 5.41) is 5.87. The zero-order chi connectivity index (χ0) is 11.5. The zero-order valence-corrected chi connectivity index (χ0v) is 11.2. The number of hydrogen-bond acceptors (Lipinski definition) is 3. The van der Waals surface area contributed by atoms with Crippen LogP contribution in [0.15, 0.2) is 28.1 Å². The van der Waals surface area contributed by atoms with Crippen molar-refractivity contribution >= 4 is 44.0 Å². The normalized spacial score (nSPS) is 10.4. The van der Waals surface area contributed by atoms with Crippen LogP contribution in [0.1, 0.15) is 5.56 Å². The van der Waals surface area contributed by atoms with E-state index < -0.39 is 0 Å². The molecule has 0 amide bonds. The van der Waals surface area contributed by atoms with E-state index in [-0.39, 0.29) is 5.82 Å². The molecule has 84 valence electrons. The van der Waals surface area contributed by atoms with Crippen LogP contribution in [0.2, 0.25) is 5.15 Å². The average molecular weight is 322 g/mol. The van der Waals surface area contributed by atoms with Crippen LogP contribution in [0.5, 0.6) is 0 Å². The van der Waals surface area contributed by atoms with Gasteiger partial charge in [-0.2, -0.15) is 0 Å². The Labute approximate surface area is 110 Å². The van der Waals surface area contributed by atoms with E-state index in [0.29, 0.717) is 22.4 Å². The maximum absolute atomic E-state index is 13.4. The Morgan fingerprint density at radius 1 is 1.50 bits per heavy atom. The fourth-order valence-corrected chi connectivity index (χ4v) is 2.43. The molecule has 0 saturated carbocycles. The van der Waals surface area contributed by atoms with Crippen molar-refractivity contribution in [2.45, 2.75) is 6.54 Å². The maximum Gasteiger partial charge on any atom is 0.184 e. The van der Waals surface area contributed by atoms with Gasteiger partial charge in [-0.15, -0.1) is 11.3 Å². The van der Waals surface area contributed by atoms with Gasteiger partial charge in [0.25, 0.3) is 0 Å². The second-order valence-electron chi connectivity index (χ2n) is 3.06. The highest BCUT2D eigenvalue weighted by atomic mass is 79.9. The van der Waals surface area contributed by atoms with Gasteiger partial charge in [0.05, 0.1) is 0 Å². The van der Waals surface area contributed by atoms with Crippen LogP contribution in [0.4, 0.5) is 9.52 Å². The quantitative estimate of drug-likeness (QED) is 0.911. The summed E-state index contributed by atoms with van der Waals surface area (Å²) in [5.74, 6) is -0.238. The van der Waals surface area contributed by atoms with Gasteiger partial charge in [-0.25, -0.2) is 9.37 Å². The highest BCUT2D eigenvalue weighted by Gasteiger charge is 2.04. The molecule has 0 saturated heterocycles. The highest BCUT2D eigenvalue weighted by Crippen LogP contribution is 2.21. The third kappa shape index (κ3) is 2.93.